The first kappa shape index (κ1) is 32.0. The van der Waals surface area contributed by atoms with Crippen LogP contribution >= 0.6 is 0 Å². The summed E-state index contributed by atoms with van der Waals surface area (Å²) in [5.41, 5.74) is -1.72. The summed E-state index contributed by atoms with van der Waals surface area (Å²) in [5.74, 6) is -5.02. The molecule has 2 N–H and O–H groups in total. The third-order valence-electron chi connectivity index (χ3n) is 8.01. The monoisotopic (exact) mass is 648 g/mol. The van der Waals surface area contributed by atoms with Gasteiger partial charge in [-0.25, -0.2) is 22.5 Å². The van der Waals surface area contributed by atoms with Crippen LogP contribution in [-0.2, 0) is 11.3 Å². The zero-order chi connectivity index (χ0) is 33.7. The Bertz CT molecular complexity index is 1910. The van der Waals surface area contributed by atoms with E-state index in [1.165, 1.54) is 13.8 Å². The molecule has 0 unspecified atom stereocenters. The summed E-state index contributed by atoms with van der Waals surface area (Å²) in [6.07, 6.45) is 1.75. The van der Waals surface area contributed by atoms with Gasteiger partial charge in [0.05, 0.1) is 23.3 Å². The maximum atomic E-state index is 16.1. The second kappa shape index (κ2) is 12.0. The van der Waals surface area contributed by atoms with E-state index >= 15 is 13.2 Å². The fourth-order valence-corrected chi connectivity index (χ4v) is 5.52. The van der Waals surface area contributed by atoms with Crippen molar-refractivity contribution in [3.63, 3.8) is 0 Å². The van der Waals surface area contributed by atoms with Gasteiger partial charge in [-0.05, 0) is 80.1 Å². The lowest BCUT2D eigenvalue weighted by Gasteiger charge is -2.37. The fourth-order valence-electron chi connectivity index (χ4n) is 5.52. The molecule has 1 aliphatic heterocycles. The minimum absolute atomic E-state index is 0.210. The number of halogens is 4. The predicted octanol–water partition coefficient (Wildman–Crippen LogP) is 5.26. The van der Waals surface area contributed by atoms with E-state index < -0.39 is 40.3 Å². The molecule has 0 bridgehead atoms. The Hall–Kier alpha value is -4.95. The maximum Gasteiger partial charge on any atom is 0.206 e. The molecule has 10 nitrogen and oxygen atoms in total. The molecule has 1 aliphatic rings. The van der Waals surface area contributed by atoms with Gasteiger partial charge >= 0.3 is 0 Å². The Morgan fingerprint density at radius 3 is 1.96 bits per heavy atom. The lowest BCUT2D eigenvalue weighted by Crippen LogP contribution is -2.46. The van der Waals surface area contributed by atoms with Gasteiger partial charge in [0.1, 0.15) is 22.9 Å². The molecule has 5 aromatic rings. The molecule has 244 valence electrons. The average Bonchev–Trinajstić information content (AvgIpc) is 3.53. The summed E-state index contributed by atoms with van der Waals surface area (Å²) in [5, 5.41) is 31.5. The minimum Gasteiger partial charge on any atom is -0.384 e. The standard InChI is InChI=1S/C33H32F4N8O2/c1-32(2,46)25-12-10-22(18-38-25)44-15-13-43(14-16-44)21-8-5-19(6-9-21)26-27(36)28(37)30(31-40-41-42-45(31)33(3,4)47)39-29(26)23-11-7-20(34)17-24(23)35/h5-12,17-18,46-47H,13-16H2,1-4H3. The molecule has 0 radical (unpaired) electrons. The van der Waals surface area contributed by atoms with Gasteiger partial charge in [0.2, 0.25) is 5.82 Å². The van der Waals surface area contributed by atoms with Crippen LogP contribution in [0.3, 0.4) is 0 Å². The van der Waals surface area contributed by atoms with Crippen LogP contribution in [0, 0.1) is 23.3 Å². The normalized spacial score (nSPS) is 14.2. The van der Waals surface area contributed by atoms with E-state index in [1.54, 1.807) is 44.3 Å². The molecular weight excluding hydrogens is 616 g/mol. The van der Waals surface area contributed by atoms with Gasteiger partial charge in [0.15, 0.2) is 17.4 Å². The van der Waals surface area contributed by atoms with Gasteiger partial charge < -0.3 is 20.0 Å². The second-order valence-corrected chi connectivity index (χ2v) is 12.3. The molecule has 0 spiro atoms. The molecule has 14 heteroatoms. The van der Waals surface area contributed by atoms with Gasteiger partial charge in [0, 0.05) is 49.1 Å². The number of tetrazole rings is 1. The van der Waals surface area contributed by atoms with Gasteiger partial charge in [-0.3, -0.25) is 4.98 Å². The highest BCUT2D eigenvalue weighted by molar-refractivity contribution is 5.84. The van der Waals surface area contributed by atoms with E-state index in [0.29, 0.717) is 37.9 Å². The highest BCUT2D eigenvalue weighted by atomic mass is 19.2. The minimum atomic E-state index is -1.71. The van der Waals surface area contributed by atoms with E-state index in [1.807, 2.05) is 12.1 Å². The molecule has 1 saturated heterocycles. The van der Waals surface area contributed by atoms with Crippen molar-refractivity contribution in [1.29, 1.82) is 0 Å². The van der Waals surface area contributed by atoms with Crippen molar-refractivity contribution in [2.75, 3.05) is 36.0 Å². The van der Waals surface area contributed by atoms with Gasteiger partial charge in [-0.1, -0.05) is 12.1 Å². The zero-order valence-electron chi connectivity index (χ0n) is 26.1. The Labute approximate surface area is 267 Å². The van der Waals surface area contributed by atoms with Crippen LogP contribution in [0.2, 0.25) is 0 Å². The molecule has 47 heavy (non-hydrogen) atoms. The third-order valence-corrected chi connectivity index (χ3v) is 8.01. The summed E-state index contributed by atoms with van der Waals surface area (Å²) < 4.78 is 61.7. The van der Waals surface area contributed by atoms with Gasteiger partial charge in [0.25, 0.3) is 0 Å². The van der Waals surface area contributed by atoms with E-state index in [-0.39, 0.29) is 28.2 Å². The maximum absolute atomic E-state index is 16.1. The van der Waals surface area contributed by atoms with Crippen LogP contribution in [0.4, 0.5) is 28.9 Å². The summed E-state index contributed by atoms with van der Waals surface area (Å²) in [6, 6.07) is 13.2. The molecule has 3 aromatic heterocycles. The van der Waals surface area contributed by atoms with E-state index in [4.69, 9.17) is 0 Å². The van der Waals surface area contributed by atoms with Crippen molar-refractivity contribution in [3.05, 3.63) is 89.8 Å². The number of pyridine rings is 2. The van der Waals surface area contributed by atoms with E-state index in [0.717, 1.165) is 28.2 Å². The van der Waals surface area contributed by atoms with Crippen LogP contribution in [0.15, 0.2) is 60.8 Å². The number of aliphatic hydroxyl groups is 2. The fraction of sp³-hybridized carbons (Fsp3) is 0.303. The molecule has 2 aromatic carbocycles. The SMILES string of the molecule is CC(C)(O)c1ccc(N2CCN(c3ccc(-c4c(-c5ccc(F)cc5F)nc(-c5nnnn5C(C)(C)O)c(F)c4F)cc3)CC2)cn1. The number of hydrogen-bond acceptors (Lipinski definition) is 9. The highest BCUT2D eigenvalue weighted by Crippen LogP contribution is 2.39. The van der Waals surface area contributed by atoms with Crippen molar-refractivity contribution in [1.82, 2.24) is 30.2 Å². The largest absolute Gasteiger partial charge is 0.384 e. The predicted molar refractivity (Wildman–Crippen MR) is 167 cm³/mol. The van der Waals surface area contributed by atoms with Crippen LogP contribution in [0.25, 0.3) is 33.9 Å². The van der Waals surface area contributed by atoms with Crippen LogP contribution in [0.5, 0.6) is 0 Å². The van der Waals surface area contributed by atoms with Crippen molar-refractivity contribution in [2.45, 2.75) is 39.0 Å². The van der Waals surface area contributed by atoms with Crippen LogP contribution in [-0.4, -0.2) is 66.6 Å². The summed E-state index contributed by atoms with van der Waals surface area (Å²) in [7, 11) is 0. The van der Waals surface area contributed by atoms with Crippen LogP contribution in [0.1, 0.15) is 33.4 Å². The molecule has 0 saturated carbocycles. The second-order valence-electron chi connectivity index (χ2n) is 12.3. The number of aromatic nitrogens is 6. The van der Waals surface area contributed by atoms with Gasteiger partial charge in [-0.15, -0.1) is 5.10 Å². The third kappa shape index (κ3) is 6.25. The van der Waals surface area contributed by atoms with Crippen molar-refractivity contribution < 1.29 is 27.8 Å². The smallest absolute Gasteiger partial charge is 0.206 e. The Morgan fingerprint density at radius 2 is 1.38 bits per heavy atom. The zero-order valence-corrected chi connectivity index (χ0v) is 26.1. The summed E-state index contributed by atoms with van der Waals surface area (Å²) in [4.78, 5) is 13.0. The Balaban J connectivity index is 1.32. The molecule has 0 atom stereocenters. The molecule has 0 aliphatic carbocycles. The van der Waals surface area contributed by atoms with Crippen molar-refractivity contribution in [3.8, 4) is 33.9 Å². The summed E-state index contributed by atoms with van der Waals surface area (Å²) in [6.45, 7) is 8.80. The first-order chi connectivity index (χ1) is 22.2. The highest BCUT2D eigenvalue weighted by Gasteiger charge is 2.31. The van der Waals surface area contributed by atoms with Crippen molar-refractivity contribution >= 4 is 11.4 Å². The number of piperazine rings is 1. The van der Waals surface area contributed by atoms with Gasteiger partial charge in [-0.2, -0.15) is 4.68 Å². The Kier molecular flexibility index (Phi) is 8.18. The van der Waals surface area contributed by atoms with E-state index in [2.05, 4.69) is 35.3 Å². The first-order valence-corrected chi connectivity index (χ1v) is 14.9. The topological polar surface area (TPSA) is 116 Å². The quantitative estimate of drug-likeness (QED) is 0.228. The molecule has 6 rings (SSSR count). The number of rotatable bonds is 7. The molecule has 4 heterocycles. The summed E-state index contributed by atoms with van der Waals surface area (Å²) >= 11 is 0. The lowest BCUT2D eigenvalue weighted by atomic mass is 9.97. The molecule has 0 amide bonds. The number of anilines is 2. The number of hydrogen-bond donors (Lipinski definition) is 2. The number of benzene rings is 2. The Morgan fingerprint density at radius 1 is 0.745 bits per heavy atom. The lowest BCUT2D eigenvalue weighted by molar-refractivity contribution is -0.0105. The number of nitrogens with zero attached hydrogens (tertiary/aromatic N) is 8. The van der Waals surface area contributed by atoms with E-state index in [9.17, 15) is 14.6 Å². The molecule has 1 fully saturated rings. The first-order valence-electron chi connectivity index (χ1n) is 14.9. The molecular formula is C33H32F4N8O2. The van der Waals surface area contributed by atoms with Crippen LogP contribution < -0.4 is 9.80 Å². The van der Waals surface area contributed by atoms with Crippen molar-refractivity contribution in [2.24, 2.45) is 0 Å². The average molecular weight is 649 g/mol.